The number of nitrogens with zero attached hydrogens (tertiary/aromatic N) is 2. The molecular weight excluding hydrogens is 180 g/mol. The minimum Gasteiger partial charge on any atom is -0.490 e. The van der Waals surface area contributed by atoms with Crippen LogP contribution in [-0.4, -0.2) is 23.7 Å². The van der Waals surface area contributed by atoms with E-state index >= 15 is 0 Å². The molecule has 0 aliphatic rings. The number of ether oxygens (including phenoxy) is 2. The normalized spacial score (nSPS) is 9.58. The minimum absolute atomic E-state index is 0.152. The monoisotopic (exact) mass is 188 g/mol. The van der Waals surface area contributed by atoms with Crippen LogP contribution in [-0.2, 0) is 0 Å². The van der Waals surface area contributed by atoms with Crippen molar-refractivity contribution < 1.29 is 9.47 Å². The maximum atomic E-state index is 5.55. The van der Waals surface area contributed by atoms with Crippen LogP contribution >= 0.6 is 11.6 Å². The van der Waals surface area contributed by atoms with Crippen LogP contribution in [0.25, 0.3) is 0 Å². The van der Waals surface area contributed by atoms with E-state index in [2.05, 4.69) is 9.97 Å². The van der Waals surface area contributed by atoms with Gasteiger partial charge in [-0.3, -0.25) is 0 Å². The summed E-state index contributed by atoms with van der Waals surface area (Å²) in [6.45, 7) is 2.37. The van der Waals surface area contributed by atoms with Gasteiger partial charge in [0.25, 0.3) is 5.88 Å². The summed E-state index contributed by atoms with van der Waals surface area (Å²) in [6.07, 6.45) is 1.47. The predicted molar refractivity (Wildman–Crippen MR) is 44.8 cm³/mol. The predicted octanol–water partition coefficient (Wildman–Crippen LogP) is 1.54. The van der Waals surface area contributed by atoms with Crippen molar-refractivity contribution in [2.24, 2.45) is 0 Å². The number of hydrogen-bond acceptors (Lipinski definition) is 4. The molecule has 66 valence electrons. The van der Waals surface area contributed by atoms with Crippen LogP contribution in [0.1, 0.15) is 6.92 Å². The number of halogens is 1. The van der Waals surface area contributed by atoms with Crippen LogP contribution in [0.4, 0.5) is 0 Å². The van der Waals surface area contributed by atoms with E-state index in [9.17, 15) is 0 Å². The lowest BCUT2D eigenvalue weighted by molar-refractivity contribution is 0.297. The summed E-state index contributed by atoms with van der Waals surface area (Å²) < 4.78 is 10.1. The van der Waals surface area contributed by atoms with Crippen LogP contribution < -0.4 is 9.47 Å². The maximum absolute atomic E-state index is 5.55. The van der Waals surface area contributed by atoms with Gasteiger partial charge in [-0.15, -0.1) is 0 Å². The summed E-state index contributed by atoms with van der Waals surface area (Å²) >= 11 is 5.55. The SMILES string of the molecule is CCOc1nc(Cl)ncc1OC. The lowest BCUT2D eigenvalue weighted by Crippen LogP contribution is -1.98. The Hall–Kier alpha value is -1.03. The molecule has 0 aliphatic carbocycles. The van der Waals surface area contributed by atoms with Gasteiger partial charge in [0.15, 0.2) is 5.75 Å². The van der Waals surface area contributed by atoms with Crippen molar-refractivity contribution in [2.75, 3.05) is 13.7 Å². The first-order valence-corrected chi connectivity index (χ1v) is 3.85. The Morgan fingerprint density at radius 2 is 2.33 bits per heavy atom. The molecule has 0 fully saturated rings. The maximum Gasteiger partial charge on any atom is 0.261 e. The van der Waals surface area contributed by atoms with Gasteiger partial charge in [0.2, 0.25) is 5.28 Å². The molecule has 0 bridgehead atoms. The average molecular weight is 189 g/mol. The Labute approximate surface area is 75.5 Å². The van der Waals surface area contributed by atoms with Gasteiger partial charge < -0.3 is 9.47 Å². The van der Waals surface area contributed by atoms with E-state index in [-0.39, 0.29) is 5.28 Å². The molecule has 1 rings (SSSR count). The molecule has 0 unspecified atom stereocenters. The van der Waals surface area contributed by atoms with Crippen LogP contribution in [0.2, 0.25) is 5.28 Å². The first-order valence-electron chi connectivity index (χ1n) is 3.47. The summed E-state index contributed by atoms with van der Waals surface area (Å²) in [7, 11) is 1.52. The smallest absolute Gasteiger partial charge is 0.261 e. The topological polar surface area (TPSA) is 44.2 Å². The van der Waals surface area contributed by atoms with Crippen molar-refractivity contribution in [3.05, 3.63) is 11.5 Å². The average Bonchev–Trinajstić information content (AvgIpc) is 2.05. The number of hydrogen-bond donors (Lipinski definition) is 0. The van der Waals surface area contributed by atoms with Crippen molar-refractivity contribution in [3.8, 4) is 11.6 Å². The van der Waals surface area contributed by atoms with Crippen LogP contribution in [0.5, 0.6) is 11.6 Å². The highest BCUT2D eigenvalue weighted by molar-refractivity contribution is 6.28. The van der Waals surface area contributed by atoms with Crippen molar-refractivity contribution in [1.82, 2.24) is 9.97 Å². The molecule has 5 heteroatoms. The van der Waals surface area contributed by atoms with Crippen molar-refractivity contribution in [1.29, 1.82) is 0 Å². The molecule has 0 N–H and O–H groups in total. The van der Waals surface area contributed by atoms with E-state index in [1.807, 2.05) is 6.92 Å². The first-order chi connectivity index (χ1) is 5.77. The Morgan fingerprint density at radius 3 is 2.92 bits per heavy atom. The lowest BCUT2D eigenvalue weighted by atomic mass is 10.6. The molecular formula is C7H9ClN2O2. The van der Waals surface area contributed by atoms with Crippen molar-refractivity contribution in [2.45, 2.75) is 6.92 Å². The van der Waals surface area contributed by atoms with Crippen LogP contribution in [0, 0.1) is 0 Å². The van der Waals surface area contributed by atoms with Gasteiger partial charge in [0.05, 0.1) is 19.9 Å². The summed E-state index contributed by atoms with van der Waals surface area (Å²) in [6, 6.07) is 0. The van der Waals surface area contributed by atoms with E-state index in [1.54, 1.807) is 0 Å². The first kappa shape index (κ1) is 9.06. The standard InChI is InChI=1S/C7H9ClN2O2/c1-3-12-6-5(11-2)4-9-7(8)10-6/h4H,3H2,1-2H3. The Kier molecular flexibility index (Phi) is 3.10. The fourth-order valence-electron chi connectivity index (χ4n) is 0.715. The van der Waals surface area contributed by atoms with Gasteiger partial charge in [-0.05, 0) is 18.5 Å². The van der Waals surface area contributed by atoms with E-state index in [4.69, 9.17) is 21.1 Å². The van der Waals surface area contributed by atoms with Gasteiger partial charge in [0, 0.05) is 0 Å². The molecule has 0 atom stereocenters. The number of rotatable bonds is 3. The molecule has 0 aromatic carbocycles. The molecule has 0 radical (unpaired) electrons. The Morgan fingerprint density at radius 1 is 1.58 bits per heavy atom. The molecule has 0 spiro atoms. The zero-order chi connectivity index (χ0) is 8.97. The highest BCUT2D eigenvalue weighted by Gasteiger charge is 2.06. The second kappa shape index (κ2) is 4.11. The molecule has 0 aliphatic heterocycles. The van der Waals surface area contributed by atoms with E-state index < -0.39 is 0 Å². The molecule has 0 amide bonds. The second-order valence-electron chi connectivity index (χ2n) is 1.95. The van der Waals surface area contributed by atoms with Crippen LogP contribution in [0.15, 0.2) is 6.20 Å². The van der Waals surface area contributed by atoms with E-state index in [0.717, 1.165) is 0 Å². The van der Waals surface area contributed by atoms with Gasteiger partial charge in [-0.1, -0.05) is 0 Å². The molecule has 4 nitrogen and oxygen atoms in total. The molecule has 1 aromatic heterocycles. The van der Waals surface area contributed by atoms with E-state index in [0.29, 0.717) is 18.2 Å². The van der Waals surface area contributed by atoms with Crippen molar-refractivity contribution in [3.63, 3.8) is 0 Å². The lowest BCUT2D eigenvalue weighted by Gasteiger charge is -2.06. The largest absolute Gasteiger partial charge is 0.490 e. The molecule has 1 aromatic rings. The molecule has 0 saturated heterocycles. The molecule has 12 heavy (non-hydrogen) atoms. The molecule has 1 heterocycles. The Balaban J connectivity index is 2.95. The van der Waals surface area contributed by atoms with Gasteiger partial charge in [0.1, 0.15) is 0 Å². The van der Waals surface area contributed by atoms with Gasteiger partial charge in [-0.2, -0.15) is 4.98 Å². The third-order valence-corrected chi connectivity index (χ3v) is 1.38. The zero-order valence-electron chi connectivity index (χ0n) is 6.87. The van der Waals surface area contributed by atoms with Crippen LogP contribution in [0.3, 0.4) is 0 Å². The summed E-state index contributed by atoms with van der Waals surface area (Å²) in [5.41, 5.74) is 0. The Bertz CT molecular complexity index is 268. The number of methoxy groups -OCH3 is 1. The summed E-state index contributed by atoms with van der Waals surface area (Å²) in [4.78, 5) is 7.58. The molecule has 0 saturated carbocycles. The highest BCUT2D eigenvalue weighted by atomic mass is 35.5. The third kappa shape index (κ3) is 1.98. The zero-order valence-corrected chi connectivity index (χ0v) is 7.63. The fourth-order valence-corrected chi connectivity index (χ4v) is 0.841. The highest BCUT2D eigenvalue weighted by Crippen LogP contribution is 2.23. The van der Waals surface area contributed by atoms with Crippen molar-refractivity contribution >= 4 is 11.6 Å². The third-order valence-electron chi connectivity index (χ3n) is 1.19. The summed E-state index contributed by atoms with van der Waals surface area (Å²) in [5, 5.41) is 0.152. The second-order valence-corrected chi connectivity index (χ2v) is 2.28. The fraction of sp³-hybridized carbons (Fsp3) is 0.429. The quantitative estimate of drug-likeness (QED) is 0.675. The number of aromatic nitrogens is 2. The van der Waals surface area contributed by atoms with E-state index in [1.165, 1.54) is 13.3 Å². The summed E-state index contributed by atoms with van der Waals surface area (Å²) in [5.74, 6) is 0.862. The van der Waals surface area contributed by atoms with Gasteiger partial charge >= 0.3 is 0 Å². The minimum atomic E-state index is 0.152. The van der Waals surface area contributed by atoms with Gasteiger partial charge in [-0.25, -0.2) is 4.98 Å².